The minimum absolute atomic E-state index is 0.0329. The zero-order valence-electron chi connectivity index (χ0n) is 23.0. The van der Waals surface area contributed by atoms with Gasteiger partial charge in [0.05, 0.1) is 11.5 Å². The van der Waals surface area contributed by atoms with Crippen molar-refractivity contribution in [3.63, 3.8) is 0 Å². The third-order valence-corrected chi connectivity index (χ3v) is 11.5. The molecule has 0 bridgehead atoms. The van der Waals surface area contributed by atoms with Crippen LogP contribution in [0, 0.1) is 58.2 Å². The molecule has 0 aromatic rings. The van der Waals surface area contributed by atoms with E-state index in [9.17, 15) is 5.26 Å². The molecule has 34 heavy (non-hydrogen) atoms. The Morgan fingerprint density at radius 1 is 0.647 bits per heavy atom. The molecule has 4 saturated carbocycles. The van der Waals surface area contributed by atoms with Crippen LogP contribution in [0.5, 0.6) is 0 Å². The molecule has 0 aliphatic heterocycles. The van der Waals surface area contributed by atoms with E-state index in [-0.39, 0.29) is 5.41 Å². The second kappa shape index (κ2) is 13.2. The molecule has 194 valence electrons. The van der Waals surface area contributed by atoms with Crippen LogP contribution in [0.25, 0.3) is 0 Å². The summed E-state index contributed by atoms with van der Waals surface area (Å²) in [5.74, 6) is 7.11. The molecule has 0 saturated heterocycles. The van der Waals surface area contributed by atoms with Crippen molar-refractivity contribution in [2.75, 3.05) is 0 Å². The molecular weight excluding hydrogens is 410 g/mol. The van der Waals surface area contributed by atoms with Crippen molar-refractivity contribution in [1.29, 1.82) is 5.26 Å². The van der Waals surface area contributed by atoms with Crippen LogP contribution in [0.15, 0.2) is 0 Å². The van der Waals surface area contributed by atoms with Gasteiger partial charge in [-0.15, -0.1) is 0 Å². The summed E-state index contributed by atoms with van der Waals surface area (Å²) in [5, 5.41) is 10.2. The summed E-state index contributed by atoms with van der Waals surface area (Å²) in [5.41, 5.74) is 0.0329. The first-order valence-electron chi connectivity index (χ1n) is 16.1. The van der Waals surface area contributed by atoms with Gasteiger partial charge in [0.25, 0.3) is 0 Å². The average Bonchev–Trinajstić information content (AvgIpc) is 2.88. The van der Waals surface area contributed by atoms with Crippen molar-refractivity contribution in [3.05, 3.63) is 0 Å². The van der Waals surface area contributed by atoms with Crippen molar-refractivity contribution < 1.29 is 0 Å². The molecule has 8 atom stereocenters. The number of nitrogens with zero attached hydrogens (tertiary/aromatic N) is 1. The summed E-state index contributed by atoms with van der Waals surface area (Å²) in [6.07, 6.45) is 31.2. The first-order chi connectivity index (χ1) is 16.7. The van der Waals surface area contributed by atoms with Crippen molar-refractivity contribution in [3.8, 4) is 6.07 Å². The molecule has 4 rings (SSSR count). The van der Waals surface area contributed by atoms with Crippen LogP contribution in [-0.4, -0.2) is 0 Å². The van der Waals surface area contributed by atoms with E-state index in [0.717, 1.165) is 41.4 Å². The standard InChI is InChI=1S/C33H57N/c1-3-5-7-9-11-14-26-15-13-16-30-28(26)19-20-31-29-21-23-33(25-34,22-12-10-8-6-4-2)24-27(29)17-18-32(30)31/h26-32H,3-24H2,1-2H3/t26-,27?,28?,29?,30?,31?,32?,33-/m1/s1. The van der Waals surface area contributed by atoms with E-state index in [1.54, 1.807) is 19.3 Å². The van der Waals surface area contributed by atoms with Crippen LogP contribution >= 0.6 is 0 Å². The third kappa shape index (κ3) is 6.24. The maximum atomic E-state index is 10.2. The van der Waals surface area contributed by atoms with Gasteiger partial charge in [0.1, 0.15) is 0 Å². The highest BCUT2D eigenvalue weighted by Gasteiger charge is 2.52. The number of hydrogen-bond acceptors (Lipinski definition) is 1. The van der Waals surface area contributed by atoms with E-state index < -0.39 is 0 Å². The average molecular weight is 468 g/mol. The summed E-state index contributed by atoms with van der Waals surface area (Å²) in [6, 6.07) is 2.90. The maximum Gasteiger partial charge on any atom is 0.0689 e. The molecule has 0 amide bonds. The normalized spacial score (nSPS) is 39.5. The molecule has 4 fully saturated rings. The van der Waals surface area contributed by atoms with Gasteiger partial charge in [-0.05, 0) is 99.2 Å². The maximum absolute atomic E-state index is 10.2. The van der Waals surface area contributed by atoms with Crippen LogP contribution < -0.4 is 0 Å². The van der Waals surface area contributed by atoms with Gasteiger partial charge in [-0.25, -0.2) is 0 Å². The van der Waals surface area contributed by atoms with Crippen LogP contribution in [-0.2, 0) is 0 Å². The Bertz CT molecular complexity index is 633. The molecule has 1 nitrogen and oxygen atoms in total. The van der Waals surface area contributed by atoms with Gasteiger partial charge in [0.2, 0.25) is 0 Å². The van der Waals surface area contributed by atoms with Gasteiger partial charge in [0.15, 0.2) is 0 Å². The number of nitriles is 1. The highest BCUT2D eigenvalue weighted by Crippen LogP contribution is 2.60. The van der Waals surface area contributed by atoms with Crippen LogP contribution in [0.2, 0.25) is 0 Å². The predicted molar refractivity (Wildman–Crippen MR) is 145 cm³/mol. The largest absolute Gasteiger partial charge is 0.198 e. The molecule has 0 radical (unpaired) electrons. The lowest BCUT2D eigenvalue weighted by atomic mass is 9.48. The smallest absolute Gasteiger partial charge is 0.0689 e. The van der Waals surface area contributed by atoms with Gasteiger partial charge in [-0.2, -0.15) is 5.26 Å². The number of unbranched alkanes of at least 4 members (excludes halogenated alkanes) is 8. The van der Waals surface area contributed by atoms with Crippen molar-refractivity contribution >= 4 is 0 Å². The fourth-order valence-corrected chi connectivity index (χ4v) is 9.79. The van der Waals surface area contributed by atoms with Crippen molar-refractivity contribution in [2.24, 2.45) is 46.8 Å². The summed E-state index contributed by atoms with van der Waals surface area (Å²) < 4.78 is 0. The molecule has 6 unspecified atom stereocenters. The lowest BCUT2D eigenvalue weighted by Crippen LogP contribution is -2.49. The second-order valence-corrected chi connectivity index (χ2v) is 13.4. The van der Waals surface area contributed by atoms with Crippen molar-refractivity contribution in [1.82, 2.24) is 0 Å². The fourth-order valence-electron chi connectivity index (χ4n) is 9.79. The van der Waals surface area contributed by atoms with Crippen LogP contribution in [0.4, 0.5) is 0 Å². The lowest BCUT2D eigenvalue weighted by Gasteiger charge is -2.57. The van der Waals surface area contributed by atoms with Gasteiger partial charge < -0.3 is 0 Å². The highest BCUT2D eigenvalue weighted by atomic mass is 14.6. The summed E-state index contributed by atoms with van der Waals surface area (Å²) >= 11 is 0. The van der Waals surface area contributed by atoms with Crippen LogP contribution in [0.3, 0.4) is 0 Å². The van der Waals surface area contributed by atoms with E-state index in [1.165, 1.54) is 122 Å². The third-order valence-electron chi connectivity index (χ3n) is 11.5. The molecule has 0 aromatic carbocycles. The van der Waals surface area contributed by atoms with E-state index in [1.807, 2.05) is 0 Å². The van der Waals surface area contributed by atoms with E-state index in [4.69, 9.17) is 0 Å². The summed E-state index contributed by atoms with van der Waals surface area (Å²) in [4.78, 5) is 0. The number of rotatable bonds is 12. The molecule has 0 aromatic heterocycles. The Hall–Kier alpha value is -0.510. The Morgan fingerprint density at radius 2 is 1.29 bits per heavy atom. The minimum atomic E-state index is 0.0329. The number of fused-ring (bicyclic) bond motifs is 5. The van der Waals surface area contributed by atoms with Crippen molar-refractivity contribution in [2.45, 2.75) is 155 Å². The summed E-state index contributed by atoms with van der Waals surface area (Å²) in [7, 11) is 0. The molecule has 0 heterocycles. The van der Waals surface area contributed by atoms with Crippen LogP contribution in [0.1, 0.15) is 155 Å². The SMILES string of the molecule is CCCCCCC[C@@H]1CCCC2C3CCC4C[C@@](C#N)(CCCCCCC)CCC4C3CCC21. The quantitative estimate of drug-likeness (QED) is 0.262. The molecule has 4 aliphatic rings. The molecule has 1 heteroatoms. The first-order valence-corrected chi connectivity index (χ1v) is 16.1. The Labute approximate surface area is 213 Å². The Kier molecular flexibility index (Phi) is 10.3. The summed E-state index contributed by atoms with van der Waals surface area (Å²) in [6.45, 7) is 4.63. The monoisotopic (exact) mass is 467 g/mol. The Balaban J connectivity index is 1.30. The second-order valence-electron chi connectivity index (χ2n) is 13.4. The molecule has 0 spiro atoms. The number of hydrogen-bond donors (Lipinski definition) is 0. The van der Waals surface area contributed by atoms with E-state index in [0.29, 0.717) is 0 Å². The zero-order valence-corrected chi connectivity index (χ0v) is 23.0. The zero-order chi connectivity index (χ0) is 23.8. The lowest BCUT2D eigenvalue weighted by molar-refractivity contribution is -0.0718. The highest BCUT2D eigenvalue weighted by molar-refractivity contribution is 5.07. The molecule has 0 N–H and O–H groups in total. The predicted octanol–water partition coefficient (Wildman–Crippen LogP) is 10.5. The first kappa shape index (κ1) is 26.6. The Morgan fingerprint density at radius 3 is 2.06 bits per heavy atom. The van der Waals surface area contributed by atoms with Gasteiger partial charge in [-0.1, -0.05) is 97.3 Å². The fraction of sp³-hybridized carbons (Fsp3) is 0.970. The van der Waals surface area contributed by atoms with Gasteiger partial charge in [-0.3, -0.25) is 0 Å². The topological polar surface area (TPSA) is 23.8 Å². The van der Waals surface area contributed by atoms with E-state index >= 15 is 0 Å². The molecule has 4 aliphatic carbocycles. The molecular formula is C33H57N. The van der Waals surface area contributed by atoms with Gasteiger partial charge in [0, 0.05) is 0 Å². The van der Waals surface area contributed by atoms with E-state index in [2.05, 4.69) is 19.9 Å². The minimum Gasteiger partial charge on any atom is -0.198 e. The van der Waals surface area contributed by atoms with Gasteiger partial charge >= 0.3 is 0 Å².